The fraction of sp³-hybridized carbons (Fsp3) is 0. The number of rotatable bonds is 4. The highest BCUT2D eigenvalue weighted by Gasteiger charge is 2.14. The van der Waals surface area contributed by atoms with Crippen LogP contribution in [0, 0.1) is 5.82 Å². The molecule has 3 aromatic carbocycles. The molecule has 3 rings (SSSR count). The van der Waals surface area contributed by atoms with Crippen LogP contribution in [0.1, 0.15) is 0 Å². The van der Waals surface area contributed by atoms with Crippen LogP contribution in [-0.2, 0) is 11.8 Å². The van der Waals surface area contributed by atoms with Crippen LogP contribution in [-0.4, -0.2) is 0 Å². The SMILES string of the molecule is Fc1cccc([SH+]c2ccccc2Oc2ccccc2)c1. The van der Waals surface area contributed by atoms with Crippen molar-refractivity contribution in [3.63, 3.8) is 0 Å². The first kappa shape index (κ1) is 13.7. The van der Waals surface area contributed by atoms with E-state index in [1.54, 1.807) is 12.1 Å². The van der Waals surface area contributed by atoms with Gasteiger partial charge in [-0.3, -0.25) is 0 Å². The van der Waals surface area contributed by atoms with Crippen molar-refractivity contribution in [2.45, 2.75) is 9.79 Å². The summed E-state index contributed by atoms with van der Waals surface area (Å²) in [6.07, 6.45) is 0. The Balaban J connectivity index is 1.86. The van der Waals surface area contributed by atoms with Gasteiger partial charge in [0.05, 0.1) is 11.8 Å². The van der Waals surface area contributed by atoms with Gasteiger partial charge in [0.15, 0.2) is 10.6 Å². The maximum absolute atomic E-state index is 13.3. The zero-order valence-electron chi connectivity index (χ0n) is 11.2. The molecule has 0 saturated heterocycles. The summed E-state index contributed by atoms with van der Waals surface area (Å²) in [6.45, 7) is 0. The van der Waals surface area contributed by atoms with Crippen LogP contribution < -0.4 is 4.74 Å². The largest absolute Gasteiger partial charge is 0.452 e. The van der Waals surface area contributed by atoms with Gasteiger partial charge in [0.25, 0.3) is 0 Å². The van der Waals surface area contributed by atoms with E-state index in [9.17, 15) is 4.39 Å². The van der Waals surface area contributed by atoms with Crippen molar-refractivity contribution in [1.82, 2.24) is 0 Å². The second kappa shape index (κ2) is 6.46. The highest BCUT2D eigenvalue weighted by molar-refractivity contribution is 7.78. The van der Waals surface area contributed by atoms with E-state index in [4.69, 9.17) is 4.74 Å². The van der Waals surface area contributed by atoms with Crippen molar-refractivity contribution in [2.75, 3.05) is 0 Å². The molecule has 3 heteroatoms. The van der Waals surface area contributed by atoms with Crippen LogP contribution in [0.15, 0.2) is 88.7 Å². The molecule has 3 aromatic rings. The minimum Gasteiger partial charge on any atom is -0.452 e. The summed E-state index contributed by atoms with van der Waals surface area (Å²) < 4.78 is 19.2. The van der Waals surface area contributed by atoms with E-state index in [0.29, 0.717) is 0 Å². The molecule has 0 fully saturated rings. The highest BCUT2D eigenvalue weighted by Crippen LogP contribution is 2.28. The Hall–Kier alpha value is -2.26. The molecule has 0 saturated carbocycles. The van der Waals surface area contributed by atoms with Gasteiger partial charge in [0, 0.05) is 6.07 Å². The summed E-state index contributed by atoms with van der Waals surface area (Å²) in [6, 6.07) is 24.1. The molecule has 104 valence electrons. The van der Waals surface area contributed by atoms with E-state index in [0.717, 1.165) is 33.1 Å². The third-order valence-electron chi connectivity index (χ3n) is 2.89. The van der Waals surface area contributed by atoms with Crippen molar-refractivity contribution in [3.05, 3.63) is 84.7 Å². The Kier molecular flexibility index (Phi) is 4.22. The summed E-state index contributed by atoms with van der Waals surface area (Å²) in [5, 5.41) is 0. The van der Waals surface area contributed by atoms with Gasteiger partial charge in [-0.2, -0.15) is 0 Å². The van der Waals surface area contributed by atoms with Gasteiger partial charge in [-0.25, -0.2) is 4.39 Å². The second-order valence-electron chi connectivity index (χ2n) is 4.47. The first-order valence-electron chi connectivity index (χ1n) is 6.60. The van der Waals surface area contributed by atoms with Gasteiger partial charge >= 0.3 is 0 Å². The number of hydrogen-bond donors (Lipinski definition) is 0. The lowest BCUT2D eigenvalue weighted by Gasteiger charge is -2.06. The molecule has 0 radical (unpaired) electrons. The number of halogens is 1. The summed E-state index contributed by atoms with van der Waals surface area (Å²) in [5.74, 6) is 1.36. The van der Waals surface area contributed by atoms with Crippen molar-refractivity contribution in [1.29, 1.82) is 0 Å². The van der Waals surface area contributed by atoms with E-state index in [1.807, 2.05) is 60.7 Å². The molecule has 21 heavy (non-hydrogen) atoms. The molecular formula is C18H14FOS+. The smallest absolute Gasteiger partial charge is 0.200 e. The number of hydrogen-bond acceptors (Lipinski definition) is 1. The Morgan fingerprint density at radius 2 is 1.52 bits per heavy atom. The maximum Gasteiger partial charge on any atom is 0.200 e. The van der Waals surface area contributed by atoms with Gasteiger partial charge < -0.3 is 4.74 Å². The number of para-hydroxylation sites is 2. The predicted octanol–water partition coefficient (Wildman–Crippen LogP) is 4.85. The first-order valence-corrected chi connectivity index (χ1v) is 7.50. The fourth-order valence-corrected chi connectivity index (χ4v) is 2.95. The Bertz CT molecular complexity index is 728. The molecule has 0 aromatic heterocycles. The minimum absolute atomic E-state index is 0.221. The lowest BCUT2D eigenvalue weighted by atomic mass is 10.3. The van der Waals surface area contributed by atoms with Crippen molar-refractivity contribution in [3.8, 4) is 11.5 Å². The third-order valence-corrected chi connectivity index (χ3v) is 4.04. The highest BCUT2D eigenvalue weighted by atomic mass is 32.2. The number of ether oxygens (including phenoxy) is 1. The topological polar surface area (TPSA) is 9.23 Å². The first-order chi connectivity index (χ1) is 10.3. The molecule has 1 nitrogen and oxygen atoms in total. The van der Waals surface area contributed by atoms with Gasteiger partial charge in [-0.1, -0.05) is 36.4 Å². The molecule has 0 N–H and O–H groups in total. The van der Waals surface area contributed by atoms with E-state index in [-0.39, 0.29) is 5.82 Å². The molecule has 0 heterocycles. The molecule has 0 aliphatic carbocycles. The Labute approximate surface area is 127 Å². The molecule has 0 aliphatic heterocycles. The van der Waals surface area contributed by atoms with Crippen LogP contribution in [0.2, 0.25) is 0 Å². The lowest BCUT2D eigenvalue weighted by molar-refractivity contribution is 0.471. The third kappa shape index (κ3) is 3.64. The maximum atomic E-state index is 13.3. The van der Waals surface area contributed by atoms with Crippen LogP contribution in [0.3, 0.4) is 0 Å². The van der Waals surface area contributed by atoms with Gasteiger partial charge in [0.2, 0.25) is 4.90 Å². The summed E-state index contributed by atoms with van der Waals surface area (Å²) in [4.78, 5) is 1.91. The molecule has 0 unspecified atom stereocenters. The molecule has 0 spiro atoms. The van der Waals surface area contributed by atoms with E-state index in [1.165, 1.54) is 6.07 Å². The Morgan fingerprint density at radius 3 is 2.33 bits per heavy atom. The normalized spacial score (nSPS) is 10.3. The summed E-state index contributed by atoms with van der Waals surface area (Å²) in [7, 11) is 0. The van der Waals surface area contributed by atoms with Crippen molar-refractivity contribution < 1.29 is 9.13 Å². The molecule has 0 bridgehead atoms. The van der Waals surface area contributed by atoms with Gasteiger partial charge in [-0.05, 0) is 36.4 Å². The van der Waals surface area contributed by atoms with E-state index >= 15 is 0 Å². The molecular weight excluding hydrogens is 283 g/mol. The fourth-order valence-electron chi connectivity index (χ4n) is 1.94. The van der Waals surface area contributed by atoms with E-state index < -0.39 is 0 Å². The molecule has 0 amide bonds. The standard InChI is InChI=1S/C18H13FOS/c19-14-7-6-10-16(13-14)21-18-12-5-4-11-17(18)20-15-8-2-1-3-9-15/h1-13H/p+1. The van der Waals surface area contributed by atoms with Crippen molar-refractivity contribution >= 4 is 11.8 Å². The van der Waals surface area contributed by atoms with Crippen LogP contribution >= 0.6 is 0 Å². The molecule has 0 atom stereocenters. The van der Waals surface area contributed by atoms with Gasteiger partial charge in [-0.15, -0.1) is 0 Å². The van der Waals surface area contributed by atoms with Crippen molar-refractivity contribution in [2.24, 2.45) is 0 Å². The Morgan fingerprint density at radius 1 is 0.762 bits per heavy atom. The zero-order chi connectivity index (χ0) is 14.5. The molecule has 0 aliphatic rings. The van der Waals surface area contributed by atoms with Gasteiger partial charge in [0.1, 0.15) is 11.6 Å². The zero-order valence-corrected chi connectivity index (χ0v) is 12.1. The van der Waals surface area contributed by atoms with Crippen LogP contribution in [0.25, 0.3) is 0 Å². The summed E-state index contributed by atoms with van der Waals surface area (Å²) >= 11 is 0.921. The average Bonchev–Trinajstić information content (AvgIpc) is 2.50. The van der Waals surface area contributed by atoms with E-state index in [2.05, 4.69) is 0 Å². The summed E-state index contributed by atoms with van der Waals surface area (Å²) in [5.41, 5.74) is 0. The minimum atomic E-state index is -0.221. The van der Waals surface area contributed by atoms with Crippen LogP contribution in [0.5, 0.6) is 11.5 Å². The monoisotopic (exact) mass is 297 g/mol. The number of benzene rings is 3. The lowest BCUT2D eigenvalue weighted by Crippen LogP contribution is -1.92. The quantitative estimate of drug-likeness (QED) is 0.494. The second-order valence-corrected chi connectivity index (χ2v) is 5.70. The predicted molar refractivity (Wildman–Crippen MR) is 84.7 cm³/mol. The average molecular weight is 297 g/mol. The number of thiol groups is 1. The van der Waals surface area contributed by atoms with Crippen LogP contribution in [0.4, 0.5) is 4.39 Å².